The molecular formula is C15H11ClN2S. The number of nitrogens with zero attached hydrogens (tertiary/aromatic N) is 2. The van der Waals surface area contributed by atoms with Gasteiger partial charge in [-0.1, -0.05) is 30.4 Å². The predicted octanol–water partition coefficient (Wildman–Crippen LogP) is 4.14. The third-order valence-corrected chi connectivity index (χ3v) is 5.52. The maximum absolute atomic E-state index is 6.10. The van der Waals surface area contributed by atoms with Gasteiger partial charge < -0.3 is 0 Å². The number of allylic oxidation sites excluding steroid dienone is 3. The zero-order valence-electron chi connectivity index (χ0n) is 10.3. The van der Waals surface area contributed by atoms with Gasteiger partial charge in [0.2, 0.25) is 5.28 Å². The second-order valence-corrected chi connectivity index (χ2v) is 6.58. The van der Waals surface area contributed by atoms with Gasteiger partial charge in [0.1, 0.15) is 0 Å². The lowest BCUT2D eigenvalue weighted by atomic mass is 9.78. The molecule has 2 heterocycles. The number of hydrogen-bond donors (Lipinski definition) is 0. The summed E-state index contributed by atoms with van der Waals surface area (Å²) in [4.78, 5) is 10.1. The smallest absolute Gasteiger partial charge is 0.221 e. The molecule has 1 aliphatic heterocycles. The Labute approximate surface area is 120 Å². The van der Waals surface area contributed by atoms with Crippen LogP contribution in [-0.4, -0.2) is 15.2 Å². The Morgan fingerprint density at radius 3 is 3.05 bits per heavy atom. The van der Waals surface area contributed by atoms with E-state index < -0.39 is 0 Å². The summed E-state index contributed by atoms with van der Waals surface area (Å²) >= 11 is 7.98. The van der Waals surface area contributed by atoms with Crippen molar-refractivity contribution < 1.29 is 0 Å². The van der Waals surface area contributed by atoms with E-state index in [4.69, 9.17) is 11.6 Å². The van der Waals surface area contributed by atoms with Gasteiger partial charge in [0, 0.05) is 20.9 Å². The van der Waals surface area contributed by atoms with Crippen molar-refractivity contribution in [2.24, 2.45) is 0 Å². The second-order valence-electron chi connectivity index (χ2n) is 5.06. The van der Waals surface area contributed by atoms with E-state index in [2.05, 4.69) is 47.3 Å². The van der Waals surface area contributed by atoms with E-state index in [0.717, 1.165) is 16.6 Å². The Morgan fingerprint density at radius 2 is 2.16 bits per heavy atom. The average Bonchev–Trinajstić information content (AvgIpc) is 2.40. The normalized spacial score (nSPS) is 27.6. The Morgan fingerprint density at radius 1 is 1.26 bits per heavy atom. The van der Waals surface area contributed by atoms with E-state index in [-0.39, 0.29) is 5.41 Å². The zero-order chi connectivity index (χ0) is 13.0. The lowest BCUT2D eigenvalue weighted by Crippen LogP contribution is -2.36. The van der Waals surface area contributed by atoms with E-state index in [0.29, 0.717) is 10.5 Å². The van der Waals surface area contributed by atoms with E-state index in [1.165, 1.54) is 4.90 Å². The Balaban J connectivity index is 2.14. The number of thioether (sulfide) groups is 1. The monoisotopic (exact) mass is 286 g/mol. The highest BCUT2D eigenvalue weighted by Crippen LogP contribution is 2.50. The van der Waals surface area contributed by atoms with Gasteiger partial charge in [-0.15, -0.1) is 11.8 Å². The van der Waals surface area contributed by atoms with Gasteiger partial charge >= 0.3 is 0 Å². The number of hydrogen-bond acceptors (Lipinski definition) is 3. The van der Waals surface area contributed by atoms with Gasteiger partial charge in [-0.05, 0) is 30.7 Å². The molecule has 2 aromatic rings. The summed E-state index contributed by atoms with van der Waals surface area (Å²) in [6, 6.07) is 6.17. The maximum atomic E-state index is 6.10. The van der Waals surface area contributed by atoms with Crippen LogP contribution in [0, 0.1) is 0 Å². The molecule has 0 amide bonds. The predicted molar refractivity (Wildman–Crippen MR) is 79.8 cm³/mol. The minimum absolute atomic E-state index is 0.113. The molecule has 0 bridgehead atoms. The van der Waals surface area contributed by atoms with Crippen molar-refractivity contribution in [3.05, 3.63) is 53.5 Å². The summed E-state index contributed by atoms with van der Waals surface area (Å²) in [5.74, 6) is 0. The van der Waals surface area contributed by atoms with Crippen LogP contribution >= 0.6 is 23.4 Å². The fourth-order valence-corrected chi connectivity index (χ4v) is 4.37. The lowest BCUT2D eigenvalue weighted by Gasteiger charge is -2.38. The highest BCUT2D eigenvalue weighted by molar-refractivity contribution is 8.00. The molecule has 1 unspecified atom stereocenters. The molecule has 4 heteroatoms. The maximum Gasteiger partial charge on any atom is 0.223 e. The number of rotatable bonds is 0. The summed E-state index contributed by atoms with van der Waals surface area (Å²) in [7, 11) is 0. The van der Waals surface area contributed by atoms with Crippen molar-refractivity contribution in [3.8, 4) is 0 Å². The molecule has 4 rings (SSSR count). The largest absolute Gasteiger partial charge is 0.223 e. The van der Waals surface area contributed by atoms with Gasteiger partial charge in [-0.2, -0.15) is 0 Å². The van der Waals surface area contributed by atoms with Crippen molar-refractivity contribution in [1.82, 2.24) is 9.97 Å². The van der Waals surface area contributed by atoms with Crippen LogP contribution in [0.5, 0.6) is 0 Å². The zero-order valence-corrected chi connectivity index (χ0v) is 11.9. The highest BCUT2D eigenvalue weighted by atomic mass is 35.5. The lowest BCUT2D eigenvalue weighted by molar-refractivity contribution is 0.591. The molecular weight excluding hydrogens is 276 g/mol. The molecule has 0 saturated heterocycles. The van der Waals surface area contributed by atoms with Gasteiger partial charge in [0.15, 0.2) is 0 Å². The fraction of sp³-hybridized carbons (Fsp3) is 0.200. The van der Waals surface area contributed by atoms with Gasteiger partial charge in [-0.3, -0.25) is 0 Å². The first-order valence-electron chi connectivity index (χ1n) is 6.18. The van der Waals surface area contributed by atoms with Crippen molar-refractivity contribution in [1.29, 1.82) is 0 Å². The number of fused-ring (bicyclic) bond motifs is 2. The Kier molecular flexibility index (Phi) is 2.32. The third kappa shape index (κ3) is 1.52. The molecule has 2 nitrogen and oxygen atoms in total. The van der Waals surface area contributed by atoms with Crippen LogP contribution in [0.25, 0.3) is 10.9 Å². The SMILES string of the molecule is C[C@]12C=CC=CC1Sc1cccc3nc(Cl)nc2c13. The van der Waals surface area contributed by atoms with Crippen molar-refractivity contribution in [2.75, 3.05) is 0 Å². The minimum Gasteiger partial charge on any atom is -0.221 e. The third-order valence-electron chi connectivity index (χ3n) is 3.85. The van der Waals surface area contributed by atoms with Crippen LogP contribution in [0.1, 0.15) is 12.6 Å². The van der Waals surface area contributed by atoms with Crippen LogP contribution < -0.4 is 0 Å². The molecule has 1 aliphatic carbocycles. The number of benzene rings is 1. The van der Waals surface area contributed by atoms with E-state index >= 15 is 0 Å². The first-order chi connectivity index (χ1) is 9.18. The second kappa shape index (κ2) is 3.84. The summed E-state index contributed by atoms with van der Waals surface area (Å²) in [6.07, 6.45) is 8.65. The first-order valence-corrected chi connectivity index (χ1v) is 7.44. The average molecular weight is 287 g/mol. The first kappa shape index (κ1) is 11.5. The molecule has 0 spiro atoms. The summed E-state index contributed by atoms with van der Waals surface area (Å²) < 4.78 is 0. The topological polar surface area (TPSA) is 25.8 Å². The summed E-state index contributed by atoms with van der Waals surface area (Å²) in [6.45, 7) is 2.22. The van der Waals surface area contributed by atoms with E-state index in [9.17, 15) is 0 Å². The van der Waals surface area contributed by atoms with Crippen LogP contribution in [0.4, 0.5) is 0 Å². The summed E-state index contributed by atoms with van der Waals surface area (Å²) in [5, 5.41) is 1.84. The van der Waals surface area contributed by atoms with Crippen molar-refractivity contribution in [2.45, 2.75) is 22.5 Å². The van der Waals surface area contributed by atoms with E-state index in [1.807, 2.05) is 23.9 Å². The molecule has 2 atom stereocenters. The van der Waals surface area contributed by atoms with Crippen molar-refractivity contribution in [3.63, 3.8) is 0 Å². The van der Waals surface area contributed by atoms with Crippen LogP contribution in [0.15, 0.2) is 47.4 Å². The molecule has 1 aromatic carbocycles. The molecule has 1 aromatic heterocycles. The Bertz CT molecular complexity index is 753. The number of aromatic nitrogens is 2. The molecule has 0 N–H and O–H groups in total. The quantitative estimate of drug-likeness (QED) is 0.681. The molecule has 2 aliphatic rings. The van der Waals surface area contributed by atoms with E-state index in [1.54, 1.807) is 0 Å². The van der Waals surface area contributed by atoms with Gasteiger partial charge in [0.25, 0.3) is 0 Å². The van der Waals surface area contributed by atoms with Crippen molar-refractivity contribution >= 4 is 34.3 Å². The number of halogens is 1. The molecule has 0 radical (unpaired) electrons. The molecule has 19 heavy (non-hydrogen) atoms. The van der Waals surface area contributed by atoms with Gasteiger partial charge in [-0.25, -0.2) is 9.97 Å². The molecule has 94 valence electrons. The Hall–Kier alpha value is -1.32. The van der Waals surface area contributed by atoms with Crippen LogP contribution in [0.3, 0.4) is 0 Å². The minimum atomic E-state index is -0.113. The summed E-state index contributed by atoms with van der Waals surface area (Å²) in [5.41, 5.74) is 1.86. The highest BCUT2D eigenvalue weighted by Gasteiger charge is 2.41. The fourth-order valence-electron chi connectivity index (χ4n) is 2.84. The van der Waals surface area contributed by atoms with Crippen LogP contribution in [0.2, 0.25) is 5.28 Å². The van der Waals surface area contributed by atoms with Crippen LogP contribution in [-0.2, 0) is 5.41 Å². The molecule has 0 fully saturated rings. The van der Waals surface area contributed by atoms with Gasteiger partial charge in [0.05, 0.1) is 11.2 Å². The molecule has 0 saturated carbocycles. The standard InChI is InChI=1S/C15H11ClN2S/c1-15-8-3-2-7-11(15)19-10-6-4-5-9-12(10)13(15)18-14(16)17-9/h2-8,11H,1H3/t11?,15-/m0/s1.